The lowest BCUT2D eigenvalue weighted by atomic mass is 10.1. The molecule has 0 spiro atoms. The highest BCUT2D eigenvalue weighted by Gasteiger charge is 2.11. The molecule has 4 nitrogen and oxygen atoms in total. The quantitative estimate of drug-likeness (QED) is 0.438. The molecule has 0 bridgehead atoms. The average molecular weight is 397 g/mol. The van der Waals surface area contributed by atoms with Crippen molar-refractivity contribution in [2.75, 3.05) is 12.3 Å². The van der Waals surface area contributed by atoms with Gasteiger partial charge in [0.2, 0.25) is 5.91 Å². The van der Waals surface area contributed by atoms with Gasteiger partial charge in [0.15, 0.2) is 10.1 Å². The topological polar surface area (TPSA) is 59.1 Å². The van der Waals surface area contributed by atoms with Crippen molar-refractivity contribution in [3.05, 3.63) is 82.9 Å². The number of hydrogen-bond acceptors (Lipinski definition) is 5. The first-order valence-electron chi connectivity index (χ1n) is 8.67. The van der Waals surface area contributed by atoms with Crippen molar-refractivity contribution in [2.45, 2.75) is 17.2 Å². The fourth-order valence-electron chi connectivity index (χ4n) is 2.49. The van der Waals surface area contributed by atoms with E-state index in [0.29, 0.717) is 17.9 Å². The molecule has 0 unspecified atom stereocenters. The Morgan fingerprint density at radius 1 is 1.00 bits per heavy atom. The lowest BCUT2D eigenvalue weighted by Crippen LogP contribution is -2.27. The number of carbonyl (C=O) groups excluding carboxylic acids is 2. The van der Waals surface area contributed by atoms with E-state index < -0.39 is 0 Å². The lowest BCUT2D eigenvalue weighted by molar-refractivity contribution is -0.120. The maximum absolute atomic E-state index is 12.1. The zero-order valence-electron chi connectivity index (χ0n) is 14.8. The SMILES string of the molecule is O=C(Cc1csc(SCC(=O)c2ccccc2)n1)NCCc1ccccc1. The molecule has 1 amide bonds. The summed E-state index contributed by atoms with van der Waals surface area (Å²) < 4.78 is 0.811. The molecule has 27 heavy (non-hydrogen) atoms. The molecule has 3 rings (SSSR count). The van der Waals surface area contributed by atoms with Crippen molar-refractivity contribution in [3.8, 4) is 0 Å². The number of ketones is 1. The summed E-state index contributed by atoms with van der Waals surface area (Å²) in [6, 6.07) is 19.3. The molecule has 0 saturated carbocycles. The molecule has 0 radical (unpaired) electrons. The number of rotatable bonds is 9. The number of Topliss-reactive ketones (excluding diaryl/α,β-unsaturated/α-hetero) is 1. The molecular weight excluding hydrogens is 376 g/mol. The first-order chi connectivity index (χ1) is 13.2. The highest BCUT2D eigenvalue weighted by molar-refractivity contribution is 8.01. The van der Waals surface area contributed by atoms with Crippen LogP contribution < -0.4 is 5.32 Å². The third-order valence-corrected chi connectivity index (χ3v) is 5.94. The van der Waals surface area contributed by atoms with E-state index in [1.54, 1.807) is 0 Å². The Balaban J connectivity index is 1.41. The fourth-order valence-corrected chi connectivity index (χ4v) is 4.23. The summed E-state index contributed by atoms with van der Waals surface area (Å²) in [4.78, 5) is 28.6. The summed E-state index contributed by atoms with van der Waals surface area (Å²) in [5, 5.41) is 4.81. The first kappa shape index (κ1) is 19.3. The minimum Gasteiger partial charge on any atom is -0.355 e. The number of hydrogen-bond donors (Lipinski definition) is 1. The van der Waals surface area contributed by atoms with E-state index in [4.69, 9.17) is 0 Å². The molecule has 0 saturated heterocycles. The Morgan fingerprint density at radius 2 is 1.70 bits per heavy atom. The second-order valence-corrected chi connectivity index (χ2v) is 8.03. The molecule has 138 valence electrons. The van der Waals surface area contributed by atoms with Crippen LogP contribution in [0.3, 0.4) is 0 Å². The number of amides is 1. The number of nitrogens with one attached hydrogen (secondary N) is 1. The summed E-state index contributed by atoms with van der Waals surface area (Å²) in [6.07, 6.45) is 1.07. The number of thiazole rings is 1. The fraction of sp³-hybridized carbons (Fsp3) is 0.190. The van der Waals surface area contributed by atoms with Gasteiger partial charge in [-0.1, -0.05) is 72.4 Å². The Kier molecular flexibility index (Phi) is 7.19. The van der Waals surface area contributed by atoms with Gasteiger partial charge in [0, 0.05) is 17.5 Å². The summed E-state index contributed by atoms with van der Waals surface area (Å²) >= 11 is 2.88. The molecule has 3 aromatic rings. The monoisotopic (exact) mass is 396 g/mol. The number of benzene rings is 2. The number of nitrogens with zero attached hydrogens (tertiary/aromatic N) is 1. The highest BCUT2D eigenvalue weighted by atomic mass is 32.2. The van der Waals surface area contributed by atoms with E-state index in [-0.39, 0.29) is 18.1 Å². The van der Waals surface area contributed by atoms with E-state index in [9.17, 15) is 9.59 Å². The Morgan fingerprint density at radius 3 is 2.44 bits per heavy atom. The number of thioether (sulfide) groups is 1. The van der Waals surface area contributed by atoms with Crippen molar-refractivity contribution >= 4 is 34.8 Å². The van der Waals surface area contributed by atoms with E-state index in [2.05, 4.69) is 10.3 Å². The standard InChI is InChI=1S/C21H20N2O2S2/c24-19(17-9-5-2-6-10-17)15-27-21-23-18(14-26-21)13-20(25)22-12-11-16-7-3-1-4-8-16/h1-10,14H,11-13,15H2,(H,22,25). The summed E-state index contributed by atoms with van der Waals surface area (Å²) in [5.74, 6) is 0.393. The molecule has 0 aliphatic heterocycles. The Bertz CT molecular complexity index is 879. The van der Waals surface area contributed by atoms with Crippen LogP contribution in [0.25, 0.3) is 0 Å². The van der Waals surface area contributed by atoms with Crippen LogP contribution in [0.4, 0.5) is 0 Å². The maximum Gasteiger partial charge on any atom is 0.226 e. The smallest absolute Gasteiger partial charge is 0.226 e. The summed E-state index contributed by atoms with van der Waals surface area (Å²) in [6.45, 7) is 0.611. The molecule has 1 N–H and O–H groups in total. The third kappa shape index (κ3) is 6.34. The molecule has 2 aromatic carbocycles. The zero-order valence-corrected chi connectivity index (χ0v) is 16.4. The minimum absolute atomic E-state index is 0.0341. The zero-order chi connectivity index (χ0) is 18.9. The van der Waals surface area contributed by atoms with E-state index in [1.807, 2.05) is 66.0 Å². The van der Waals surface area contributed by atoms with Crippen LogP contribution in [0.2, 0.25) is 0 Å². The second kappa shape index (κ2) is 10.0. The lowest BCUT2D eigenvalue weighted by Gasteiger charge is -2.04. The average Bonchev–Trinajstić information content (AvgIpc) is 3.15. The molecule has 1 heterocycles. The summed E-state index contributed by atoms with van der Waals surface area (Å²) in [5.41, 5.74) is 2.65. The van der Waals surface area contributed by atoms with Crippen LogP contribution in [-0.2, 0) is 17.6 Å². The van der Waals surface area contributed by atoms with Crippen LogP contribution in [0.15, 0.2) is 70.4 Å². The van der Waals surface area contributed by atoms with Crippen LogP contribution >= 0.6 is 23.1 Å². The predicted octanol–water partition coefficient (Wildman–Crippen LogP) is 4.02. The summed E-state index contributed by atoms with van der Waals surface area (Å²) in [7, 11) is 0. The van der Waals surface area contributed by atoms with Gasteiger partial charge in [0.1, 0.15) is 0 Å². The van der Waals surface area contributed by atoms with Gasteiger partial charge in [0.25, 0.3) is 0 Å². The third-order valence-electron chi connectivity index (χ3n) is 3.87. The van der Waals surface area contributed by atoms with Crippen LogP contribution in [0.1, 0.15) is 21.6 Å². The molecule has 0 atom stereocenters. The molecule has 1 aromatic heterocycles. The van der Waals surface area contributed by atoms with Gasteiger partial charge in [-0.2, -0.15) is 0 Å². The second-order valence-electron chi connectivity index (χ2n) is 5.94. The molecule has 0 fully saturated rings. The van der Waals surface area contributed by atoms with E-state index >= 15 is 0 Å². The van der Waals surface area contributed by atoms with Crippen molar-refractivity contribution < 1.29 is 9.59 Å². The van der Waals surface area contributed by atoms with Crippen LogP contribution in [0, 0.1) is 0 Å². The number of carbonyl (C=O) groups is 2. The van der Waals surface area contributed by atoms with Gasteiger partial charge in [-0.25, -0.2) is 4.98 Å². The largest absolute Gasteiger partial charge is 0.355 e. The molecular formula is C21H20N2O2S2. The minimum atomic E-state index is -0.0341. The molecule has 6 heteroatoms. The molecule has 0 aliphatic carbocycles. The Labute approximate surface area is 167 Å². The van der Waals surface area contributed by atoms with Gasteiger partial charge >= 0.3 is 0 Å². The van der Waals surface area contributed by atoms with Gasteiger partial charge < -0.3 is 5.32 Å². The van der Waals surface area contributed by atoms with Gasteiger partial charge in [-0.15, -0.1) is 11.3 Å². The number of aromatic nitrogens is 1. The van der Waals surface area contributed by atoms with Crippen molar-refractivity contribution in [1.29, 1.82) is 0 Å². The van der Waals surface area contributed by atoms with Gasteiger partial charge in [0.05, 0.1) is 17.9 Å². The maximum atomic E-state index is 12.1. The Hall–Kier alpha value is -2.44. The predicted molar refractivity (Wildman–Crippen MR) is 110 cm³/mol. The van der Waals surface area contributed by atoms with E-state index in [0.717, 1.165) is 16.5 Å². The van der Waals surface area contributed by atoms with Crippen LogP contribution in [-0.4, -0.2) is 29.0 Å². The van der Waals surface area contributed by atoms with E-state index in [1.165, 1.54) is 28.7 Å². The van der Waals surface area contributed by atoms with Crippen LogP contribution in [0.5, 0.6) is 0 Å². The van der Waals surface area contributed by atoms with Crippen molar-refractivity contribution in [3.63, 3.8) is 0 Å². The molecule has 0 aliphatic rings. The highest BCUT2D eigenvalue weighted by Crippen LogP contribution is 2.23. The first-order valence-corrected chi connectivity index (χ1v) is 10.5. The van der Waals surface area contributed by atoms with Crippen molar-refractivity contribution in [1.82, 2.24) is 10.3 Å². The van der Waals surface area contributed by atoms with Crippen molar-refractivity contribution in [2.24, 2.45) is 0 Å². The normalized spacial score (nSPS) is 10.5. The van der Waals surface area contributed by atoms with Gasteiger partial charge in [-0.05, 0) is 12.0 Å². The van der Waals surface area contributed by atoms with Gasteiger partial charge in [-0.3, -0.25) is 9.59 Å².